The van der Waals surface area contributed by atoms with Crippen LogP contribution in [0.15, 0.2) is 40.1 Å². The first-order valence-corrected chi connectivity index (χ1v) is 7.44. The molecule has 2 aromatic rings. The van der Waals surface area contributed by atoms with Crippen molar-refractivity contribution in [1.29, 1.82) is 0 Å². The van der Waals surface area contributed by atoms with Gasteiger partial charge in [0.2, 0.25) is 5.76 Å². The monoisotopic (exact) mass is 290 g/mol. The molecule has 0 aliphatic carbocycles. The maximum Gasteiger partial charge on any atom is 0.293 e. The standard InChI is InChI=1S/C15H18N2O2S/c1-4-6-17(9-12-5-7-20-10-12)15(18)14-8-13(11(2)3)16-19-14/h4-5,7-8,10-11H,1,6,9H2,2-3H3. The molecule has 2 rings (SSSR count). The Morgan fingerprint density at radius 3 is 2.95 bits per heavy atom. The van der Waals surface area contributed by atoms with Crippen LogP contribution >= 0.6 is 11.3 Å². The van der Waals surface area contributed by atoms with Crippen molar-refractivity contribution in [3.05, 3.63) is 52.6 Å². The highest BCUT2D eigenvalue weighted by atomic mass is 32.1. The largest absolute Gasteiger partial charge is 0.351 e. The lowest BCUT2D eigenvalue weighted by Gasteiger charge is -2.18. The van der Waals surface area contributed by atoms with E-state index in [2.05, 4.69) is 11.7 Å². The molecule has 0 aliphatic heterocycles. The number of rotatable bonds is 6. The van der Waals surface area contributed by atoms with Crippen LogP contribution in [0.4, 0.5) is 0 Å². The van der Waals surface area contributed by atoms with E-state index in [1.165, 1.54) is 0 Å². The lowest BCUT2D eigenvalue weighted by molar-refractivity contribution is 0.0720. The number of amides is 1. The van der Waals surface area contributed by atoms with Gasteiger partial charge in [0.15, 0.2) is 0 Å². The van der Waals surface area contributed by atoms with Crippen molar-refractivity contribution >= 4 is 17.2 Å². The maximum absolute atomic E-state index is 12.4. The first kappa shape index (κ1) is 14.5. The summed E-state index contributed by atoms with van der Waals surface area (Å²) in [4.78, 5) is 14.1. The van der Waals surface area contributed by atoms with Gasteiger partial charge in [-0.15, -0.1) is 6.58 Å². The second kappa shape index (κ2) is 6.52. The van der Waals surface area contributed by atoms with Gasteiger partial charge in [-0.2, -0.15) is 11.3 Å². The van der Waals surface area contributed by atoms with Crippen LogP contribution in [0.1, 0.15) is 41.6 Å². The van der Waals surface area contributed by atoms with Gasteiger partial charge in [-0.25, -0.2) is 0 Å². The van der Waals surface area contributed by atoms with Gasteiger partial charge >= 0.3 is 0 Å². The third-order valence-electron chi connectivity index (χ3n) is 2.92. The van der Waals surface area contributed by atoms with Gasteiger partial charge in [0, 0.05) is 19.2 Å². The number of nitrogens with zero attached hydrogens (tertiary/aromatic N) is 2. The summed E-state index contributed by atoms with van der Waals surface area (Å²) in [5.41, 5.74) is 1.90. The molecule has 0 radical (unpaired) electrons. The summed E-state index contributed by atoms with van der Waals surface area (Å²) < 4.78 is 5.16. The Morgan fingerprint density at radius 2 is 2.40 bits per heavy atom. The summed E-state index contributed by atoms with van der Waals surface area (Å²) >= 11 is 1.62. The molecule has 106 valence electrons. The maximum atomic E-state index is 12.4. The summed E-state index contributed by atoms with van der Waals surface area (Å²) in [6.07, 6.45) is 1.71. The first-order chi connectivity index (χ1) is 9.61. The lowest BCUT2D eigenvalue weighted by atomic mass is 10.1. The quantitative estimate of drug-likeness (QED) is 0.762. The van der Waals surface area contributed by atoms with Gasteiger partial charge in [-0.3, -0.25) is 4.79 Å². The fourth-order valence-corrected chi connectivity index (χ4v) is 2.46. The van der Waals surface area contributed by atoms with Crippen molar-refractivity contribution in [3.63, 3.8) is 0 Å². The molecule has 0 N–H and O–H groups in total. The van der Waals surface area contributed by atoms with Crippen molar-refractivity contribution in [3.8, 4) is 0 Å². The predicted molar refractivity (Wildman–Crippen MR) is 79.8 cm³/mol. The van der Waals surface area contributed by atoms with E-state index >= 15 is 0 Å². The lowest BCUT2D eigenvalue weighted by Crippen LogP contribution is -2.30. The Kier molecular flexibility index (Phi) is 4.74. The molecule has 2 aromatic heterocycles. The third kappa shape index (κ3) is 3.36. The molecular weight excluding hydrogens is 272 g/mol. The van der Waals surface area contributed by atoms with Crippen molar-refractivity contribution in [1.82, 2.24) is 10.1 Å². The highest BCUT2D eigenvalue weighted by molar-refractivity contribution is 7.07. The Morgan fingerprint density at radius 1 is 1.60 bits per heavy atom. The van der Waals surface area contributed by atoms with E-state index in [0.717, 1.165) is 11.3 Å². The molecular formula is C15H18N2O2S. The van der Waals surface area contributed by atoms with Gasteiger partial charge < -0.3 is 9.42 Å². The average Bonchev–Trinajstić information content (AvgIpc) is 3.08. The summed E-state index contributed by atoms with van der Waals surface area (Å²) in [5, 5.41) is 7.96. The molecule has 0 aliphatic rings. The van der Waals surface area contributed by atoms with E-state index in [9.17, 15) is 4.79 Å². The van der Waals surface area contributed by atoms with Crippen molar-refractivity contribution in [2.24, 2.45) is 0 Å². The molecule has 20 heavy (non-hydrogen) atoms. The molecule has 0 unspecified atom stereocenters. The Hall–Kier alpha value is -1.88. The predicted octanol–water partition coefficient (Wildman–Crippen LogP) is 3.69. The Bertz CT molecular complexity index is 572. The van der Waals surface area contributed by atoms with E-state index < -0.39 is 0 Å². The van der Waals surface area contributed by atoms with Crippen molar-refractivity contribution < 1.29 is 9.32 Å². The average molecular weight is 290 g/mol. The number of hydrogen-bond acceptors (Lipinski definition) is 4. The van der Waals surface area contributed by atoms with Gasteiger partial charge in [-0.05, 0) is 28.3 Å². The molecule has 0 saturated carbocycles. The fourth-order valence-electron chi connectivity index (χ4n) is 1.80. The molecule has 4 nitrogen and oxygen atoms in total. The van der Waals surface area contributed by atoms with Crippen LogP contribution in [0, 0.1) is 0 Å². The molecule has 0 fully saturated rings. The Labute approximate surface area is 122 Å². The fraction of sp³-hybridized carbons (Fsp3) is 0.333. The van der Waals surface area contributed by atoms with Crippen LogP contribution in [-0.2, 0) is 6.54 Å². The zero-order chi connectivity index (χ0) is 14.5. The van der Waals surface area contributed by atoms with E-state index in [1.807, 2.05) is 30.7 Å². The van der Waals surface area contributed by atoms with E-state index in [4.69, 9.17) is 4.52 Å². The molecule has 0 aromatic carbocycles. The zero-order valence-electron chi connectivity index (χ0n) is 11.7. The number of carbonyl (C=O) groups excluding carboxylic acids is 1. The summed E-state index contributed by atoms with van der Waals surface area (Å²) in [7, 11) is 0. The second-order valence-corrected chi connectivity index (χ2v) is 5.66. The van der Waals surface area contributed by atoms with E-state index in [-0.39, 0.29) is 17.6 Å². The minimum absolute atomic E-state index is 0.157. The minimum Gasteiger partial charge on any atom is -0.351 e. The highest BCUT2D eigenvalue weighted by Gasteiger charge is 2.20. The second-order valence-electron chi connectivity index (χ2n) is 4.88. The van der Waals surface area contributed by atoms with E-state index in [1.54, 1.807) is 28.4 Å². The third-order valence-corrected chi connectivity index (χ3v) is 3.65. The molecule has 5 heteroatoms. The molecule has 0 bridgehead atoms. The number of hydrogen-bond donors (Lipinski definition) is 0. The molecule has 1 amide bonds. The molecule has 0 atom stereocenters. The van der Waals surface area contributed by atoms with Crippen LogP contribution in [-0.4, -0.2) is 22.5 Å². The SMILES string of the molecule is C=CCN(Cc1ccsc1)C(=O)c1cc(C(C)C)no1. The topological polar surface area (TPSA) is 46.3 Å². The Balaban J connectivity index is 2.15. The van der Waals surface area contributed by atoms with Gasteiger partial charge in [0.05, 0.1) is 5.69 Å². The summed E-state index contributed by atoms with van der Waals surface area (Å²) in [5.74, 6) is 0.367. The van der Waals surface area contributed by atoms with Crippen LogP contribution in [0.2, 0.25) is 0 Å². The minimum atomic E-state index is -0.157. The van der Waals surface area contributed by atoms with Crippen LogP contribution < -0.4 is 0 Å². The van der Waals surface area contributed by atoms with Gasteiger partial charge in [0.25, 0.3) is 5.91 Å². The zero-order valence-corrected chi connectivity index (χ0v) is 12.5. The van der Waals surface area contributed by atoms with Crippen molar-refractivity contribution in [2.45, 2.75) is 26.3 Å². The van der Waals surface area contributed by atoms with Gasteiger partial charge in [-0.1, -0.05) is 25.1 Å². The highest BCUT2D eigenvalue weighted by Crippen LogP contribution is 2.17. The molecule has 0 spiro atoms. The van der Waals surface area contributed by atoms with Crippen LogP contribution in [0.3, 0.4) is 0 Å². The van der Waals surface area contributed by atoms with Crippen molar-refractivity contribution in [2.75, 3.05) is 6.54 Å². The number of thiophene rings is 1. The number of carbonyl (C=O) groups is 1. The van der Waals surface area contributed by atoms with Gasteiger partial charge in [0.1, 0.15) is 0 Å². The summed E-state index contributed by atoms with van der Waals surface area (Å²) in [6.45, 7) is 8.75. The molecule has 0 saturated heterocycles. The summed E-state index contributed by atoms with van der Waals surface area (Å²) in [6, 6.07) is 3.73. The normalized spacial score (nSPS) is 10.8. The van der Waals surface area contributed by atoms with Crippen LogP contribution in [0.5, 0.6) is 0 Å². The number of aromatic nitrogens is 1. The van der Waals surface area contributed by atoms with Crippen LogP contribution in [0.25, 0.3) is 0 Å². The smallest absolute Gasteiger partial charge is 0.293 e. The molecule has 2 heterocycles. The first-order valence-electron chi connectivity index (χ1n) is 6.49. The van der Waals surface area contributed by atoms with E-state index in [0.29, 0.717) is 13.1 Å².